The average Bonchev–Trinajstić information content (AvgIpc) is 2.80. The summed E-state index contributed by atoms with van der Waals surface area (Å²) in [7, 11) is 0. The van der Waals surface area contributed by atoms with Gasteiger partial charge < -0.3 is 14.2 Å². The van der Waals surface area contributed by atoms with Gasteiger partial charge in [0.05, 0.1) is 12.3 Å². The molecule has 0 spiro atoms. The van der Waals surface area contributed by atoms with E-state index in [4.69, 9.17) is 14.2 Å². The number of fused-ring (bicyclic) bond motifs is 1. The Kier molecular flexibility index (Phi) is 8.34. The number of carbonyl (C=O) groups excluding carboxylic acids is 1. The third-order valence-electron chi connectivity index (χ3n) is 5.62. The second-order valence-corrected chi connectivity index (χ2v) is 9.35. The first-order valence-electron chi connectivity index (χ1n) is 11.6. The molecule has 5 heteroatoms. The molecule has 3 rings (SSSR count). The van der Waals surface area contributed by atoms with Crippen LogP contribution in [-0.4, -0.2) is 25.6 Å². The van der Waals surface area contributed by atoms with Crippen LogP contribution in [0, 0.1) is 5.41 Å². The van der Waals surface area contributed by atoms with Crippen LogP contribution >= 0.6 is 0 Å². The largest absolute Gasteiger partial charge is 0.464 e. The zero-order valence-electron chi connectivity index (χ0n) is 20.3. The summed E-state index contributed by atoms with van der Waals surface area (Å²) >= 11 is 0. The van der Waals surface area contributed by atoms with Crippen molar-refractivity contribution in [1.29, 1.82) is 0 Å². The first-order valence-corrected chi connectivity index (χ1v) is 11.6. The number of hydrogen-bond acceptors (Lipinski definition) is 4. The summed E-state index contributed by atoms with van der Waals surface area (Å²) in [6.07, 6.45) is 0.114. The first-order chi connectivity index (χ1) is 15.8. The third kappa shape index (κ3) is 6.96. The van der Waals surface area contributed by atoms with Crippen molar-refractivity contribution in [2.45, 2.75) is 53.2 Å². The molecule has 3 aromatic carbocycles. The molecule has 0 aliphatic heterocycles. The van der Waals surface area contributed by atoms with Gasteiger partial charge in [-0.1, -0.05) is 83.1 Å². The Bertz CT molecular complexity index is 1030. The van der Waals surface area contributed by atoms with Gasteiger partial charge >= 0.3 is 6.09 Å². The van der Waals surface area contributed by atoms with E-state index >= 15 is 0 Å². The van der Waals surface area contributed by atoms with Crippen LogP contribution in [0.15, 0.2) is 66.7 Å². The molecular weight excluding hydrogens is 414 g/mol. The number of ether oxygens (including phenoxy) is 3. The molecule has 5 nitrogen and oxygen atoms in total. The van der Waals surface area contributed by atoms with Crippen molar-refractivity contribution in [1.82, 2.24) is 0 Å². The van der Waals surface area contributed by atoms with Gasteiger partial charge in [-0.25, -0.2) is 4.79 Å². The minimum Gasteiger partial charge on any atom is -0.464 e. The quantitative estimate of drug-likeness (QED) is 0.274. The molecule has 0 saturated heterocycles. The van der Waals surface area contributed by atoms with E-state index in [1.165, 1.54) is 5.56 Å². The van der Waals surface area contributed by atoms with Gasteiger partial charge in [-0.15, -0.1) is 0 Å². The van der Waals surface area contributed by atoms with Crippen molar-refractivity contribution in [3.05, 3.63) is 72.3 Å². The molecule has 3 aromatic rings. The average molecular weight is 450 g/mol. The van der Waals surface area contributed by atoms with E-state index in [1.54, 1.807) is 0 Å². The van der Waals surface area contributed by atoms with E-state index in [0.717, 1.165) is 28.6 Å². The van der Waals surface area contributed by atoms with Crippen molar-refractivity contribution in [3.63, 3.8) is 0 Å². The number of hydrogen-bond donors (Lipinski definition) is 1. The van der Waals surface area contributed by atoms with Gasteiger partial charge in [-0.3, -0.25) is 5.32 Å². The lowest BCUT2D eigenvalue weighted by Crippen LogP contribution is -2.36. The number of amides is 1. The minimum absolute atomic E-state index is 0.124. The molecule has 0 aliphatic carbocycles. The zero-order valence-corrected chi connectivity index (χ0v) is 20.3. The molecule has 0 radical (unpaired) electrons. The van der Waals surface area contributed by atoms with Crippen LogP contribution in [0.1, 0.15) is 52.5 Å². The predicted octanol–water partition coefficient (Wildman–Crippen LogP) is 7.37. The van der Waals surface area contributed by atoms with E-state index in [1.807, 2.05) is 54.6 Å². The van der Waals surface area contributed by atoms with Crippen LogP contribution in [0.2, 0.25) is 0 Å². The van der Waals surface area contributed by atoms with Crippen LogP contribution in [-0.2, 0) is 9.47 Å². The van der Waals surface area contributed by atoms with Crippen molar-refractivity contribution >= 4 is 22.6 Å². The molecule has 33 heavy (non-hydrogen) atoms. The molecule has 2 atom stereocenters. The predicted molar refractivity (Wildman–Crippen MR) is 134 cm³/mol. The summed E-state index contributed by atoms with van der Waals surface area (Å²) in [5, 5.41) is 4.84. The molecule has 0 aromatic heterocycles. The molecule has 0 saturated carbocycles. The maximum Gasteiger partial charge on any atom is 0.411 e. The van der Waals surface area contributed by atoms with Gasteiger partial charge in [0, 0.05) is 10.8 Å². The molecule has 1 amide bonds. The fraction of sp³-hybridized carbons (Fsp3) is 0.393. The van der Waals surface area contributed by atoms with E-state index in [9.17, 15) is 4.79 Å². The highest BCUT2D eigenvalue weighted by Gasteiger charge is 2.27. The smallest absolute Gasteiger partial charge is 0.411 e. The third-order valence-corrected chi connectivity index (χ3v) is 5.62. The van der Waals surface area contributed by atoms with E-state index in [2.05, 4.69) is 52.1 Å². The SMILES string of the molecule is CCC(C)c1ccc(OC(OCCOC(=O)Nc2cccc3ccccc23)C(C)(C)C)cc1. The standard InChI is InChI=1S/C28H35NO4/c1-6-20(2)21-14-16-23(17-15-21)33-26(28(3,4)5)31-18-19-32-27(30)29-25-13-9-11-22-10-7-8-12-24(22)25/h7-17,20,26H,6,18-19H2,1-5H3,(H,29,30). The lowest BCUT2D eigenvalue weighted by atomic mass is 9.95. The van der Waals surface area contributed by atoms with Crippen molar-refractivity contribution < 1.29 is 19.0 Å². The molecule has 0 bridgehead atoms. The fourth-order valence-corrected chi connectivity index (χ4v) is 3.46. The summed E-state index contributed by atoms with van der Waals surface area (Å²) in [6.45, 7) is 10.9. The normalized spacial score (nSPS) is 13.4. The maximum absolute atomic E-state index is 12.3. The Balaban J connectivity index is 1.50. The number of anilines is 1. The second-order valence-electron chi connectivity index (χ2n) is 9.35. The van der Waals surface area contributed by atoms with Gasteiger partial charge in [-0.05, 0) is 41.5 Å². The van der Waals surface area contributed by atoms with Crippen LogP contribution in [0.25, 0.3) is 10.8 Å². The van der Waals surface area contributed by atoms with E-state index in [0.29, 0.717) is 5.92 Å². The first kappa shape index (κ1) is 24.6. The Morgan fingerprint density at radius 2 is 1.64 bits per heavy atom. The van der Waals surface area contributed by atoms with Crippen molar-refractivity contribution in [3.8, 4) is 5.75 Å². The summed E-state index contributed by atoms with van der Waals surface area (Å²) in [4.78, 5) is 12.3. The maximum atomic E-state index is 12.3. The van der Waals surface area contributed by atoms with Gasteiger partial charge in [0.2, 0.25) is 6.29 Å². The lowest BCUT2D eigenvalue weighted by Gasteiger charge is -2.31. The minimum atomic E-state index is -0.510. The van der Waals surface area contributed by atoms with Gasteiger partial charge in [0.1, 0.15) is 12.4 Å². The molecule has 1 N–H and O–H groups in total. The topological polar surface area (TPSA) is 56.8 Å². The van der Waals surface area contributed by atoms with Gasteiger partial charge in [-0.2, -0.15) is 0 Å². The summed E-state index contributed by atoms with van der Waals surface area (Å²) < 4.78 is 17.4. The molecule has 176 valence electrons. The van der Waals surface area contributed by atoms with E-state index in [-0.39, 0.29) is 18.6 Å². The van der Waals surface area contributed by atoms with E-state index < -0.39 is 12.4 Å². The Morgan fingerprint density at radius 1 is 0.939 bits per heavy atom. The fourth-order valence-electron chi connectivity index (χ4n) is 3.46. The lowest BCUT2D eigenvalue weighted by molar-refractivity contribution is -0.146. The Labute approximate surface area is 197 Å². The Morgan fingerprint density at radius 3 is 2.33 bits per heavy atom. The molecule has 0 fully saturated rings. The number of nitrogens with one attached hydrogen (secondary N) is 1. The van der Waals surface area contributed by atoms with Crippen LogP contribution in [0.4, 0.5) is 10.5 Å². The number of carbonyl (C=O) groups is 1. The highest BCUT2D eigenvalue weighted by atomic mass is 16.7. The molecule has 2 unspecified atom stereocenters. The van der Waals surface area contributed by atoms with Gasteiger partial charge in [0.25, 0.3) is 0 Å². The highest BCUT2D eigenvalue weighted by Crippen LogP contribution is 2.28. The Hall–Kier alpha value is -3.05. The second kappa shape index (κ2) is 11.2. The monoisotopic (exact) mass is 449 g/mol. The molecule has 0 aliphatic rings. The van der Waals surface area contributed by atoms with Crippen molar-refractivity contribution in [2.75, 3.05) is 18.5 Å². The number of benzene rings is 3. The highest BCUT2D eigenvalue weighted by molar-refractivity contribution is 6.00. The van der Waals surface area contributed by atoms with Gasteiger partial charge in [0.15, 0.2) is 0 Å². The number of rotatable bonds is 9. The van der Waals surface area contributed by atoms with Crippen molar-refractivity contribution in [2.24, 2.45) is 5.41 Å². The summed E-state index contributed by atoms with van der Waals surface area (Å²) in [5.74, 6) is 1.28. The van der Waals surface area contributed by atoms with Crippen LogP contribution < -0.4 is 10.1 Å². The zero-order chi connectivity index (χ0) is 23.8. The molecule has 0 heterocycles. The summed E-state index contributed by atoms with van der Waals surface area (Å²) in [5.41, 5.74) is 1.76. The molecular formula is C28H35NO4. The van der Waals surface area contributed by atoms with Crippen LogP contribution in [0.3, 0.4) is 0 Å². The summed E-state index contributed by atoms with van der Waals surface area (Å²) in [6, 6.07) is 21.8. The van der Waals surface area contributed by atoms with Crippen LogP contribution in [0.5, 0.6) is 5.75 Å².